The highest BCUT2D eigenvalue weighted by Crippen LogP contribution is 2.38. The number of thiazole rings is 1. The van der Waals surface area contributed by atoms with Crippen LogP contribution in [0.5, 0.6) is 0 Å². The minimum Gasteiger partial charge on any atom is -0.382 e. The number of hydrogen-bond donors (Lipinski definition) is 3. The summed E-state index contributed by atoms with van der Waals surface area (Å²) < 4.78 is 4.18. The highest BCUT2D eigenvalue weighted by molar-refractivity contribution is 7.15. The lowest BCUT2D eigenvalue weighted by atomic mass is 10.2. The normalized spacial score (nSPS) is 10.7. The fourth-order valence-electron chi connectivity index (χ4n) is 1.72. The molecule has 0 bridgehead atoms. The molecule has 108 valence electrons. The van der Waals surface area contributed by atoms with Gasteiger partial charge in [-0.05, 0) is 31.3 Å². The molecule has 2 rings (SSSR count). The van der Waals surface area contributed by atoms with Crippen molar-refractivity contribution in [2.45, 2.75) is 26.2 Å². The molecule has 0 saturated heterocycles. The van der Waals surface area contributed by atoms with Crippen molar-refractivity contribution < 1.29 is 4.79 Å². The number of nitrogens with two attached hydrogens (primary N) is 2. The highest BCUT2D eigenvalue weighted by atomic mass is 32.1. The number of carbonyl (C=O) groups excluding carboxylic acids is 1. The molecular formula is C12H17N5OS2. The second kappa shape index (κ2) is 6.67. The molecule has 0 aromatic carbocycles. The summed E-state index contributed by atoms with van der Waals surface area (Å²) in [5, 5.41) is 7.10. The van der Waals surface area contributed by atoms with E-state index < -0.39 is 0 Å². The van der Waals surface area contributed by atoms with E-state index in [0.717, 1.165) is 40.7 Å². The van der Waals surface area contributed by atoms with Gasteiger partial charge in [-0.1, -0.05) is 0 Å². The van der Waals surface area contributed by atoms with Crippen LogP contribution < -0.4 is 16.8 Å². The van der Waals surface area contributed by atoms with E-state index in [-0.39, 0.29) is 5.91 Å². The van der Waals surface area contributed by atoms with Crippen molar-refractivity contribution in [2.75, 3.05) is 17.6 Å². The van der Waals surface area contributed by atoms with Crippen LogP contribution in [0.25, 0.3) is 10.6 Å². The first-order valence-electron chi connectivity index (χ1n) is 6.27. The van der Waals surface area contributed by atoms with Gasteiger partial charge in [-0.15, -0.1) is 11.3 Å². The largest absolute Gasteiger partial charge is 0.382 e. The number of unbranched alkanes of at least 4 members (excludes halogenated alkanes) is 1. The molecule has 0 unspecified atom stereocenters. The van der Waals surface area contributed by atoms with Crippen molar-refractivity contribution in [2.24, 2.45) is 5.73 Å². The van der Waals surface area contributed by atoms with Crippen LogP contribution in [0.15, 0.2) is 5.38 Å². The number of carbonyl (C=O) groups is 1. The monoisotopic (exact) mass is 311 g/mol. The first-order chi connectivity index (χ1) is 9.58. The lowest BCUT2D eigenvalue weighted by molar-refractivity contribution is -0.118. The second-order valence-electron chi connectivity index (χ2n) is 4.42. The molecule has 0 spiro atoms. The van der Waals surface area contributed by atoms with E-state index in [4.69, 9.17) is 11.5 Å². The van der Waals surface area contributed by atoms with Gasteiger partial charge in [0.25, 0.3) is 0 Å². The minimum atomic E-state index is -0.258. The molecule has 2 heterocycles. The zero-order chi connectivity index (χ0) is 14.5. The molecule has 0 fully saturated rings. The zero-order valence-electron chi connectivity index (χ0n) is 11.2. The number of aryl methyl sites for hydroxylation is 1. The van der Waals surface area contributed by atoms with Crippen LogP contribution in [-0.2, 0) is 4.79 Å². The van der Waals surface area contributed by atoms with E-state index in [1.54, 1.807) is 11.3 Å². The van der Waals surface area contributed by atoms with Crippen molar-refractivity contribution in [1.29, 1.82) is 0 Å². The quantitative estimate of drug-likeness (QED) is 0.680. The summed E-state index contributed by atoms with van der Waals surface area (Å²) in [4.78, 5) is 15.1. The molecule has 0 aliphatic rings. The van der Waals surface area contributed by atoms with Gasteiger partial charge in [-0.3, -0.25) is 4.79 Å². The van der Waals surface area contributed by atoms with Gasteiger partial charge in [-0.25, -0.2) is 4.98 Å². The Morgan fingerprint density at radius 2 is 2.25 bits per heavy atom. The first-order valence-corrected chi connectivity index (χ1v) is 7.93. The van der Waals surface area contributed by atoms with Crippen LogP contribution in [0.2, 0.25) is 0 Å². The van der Waals surface area contributed by atoms with Crippen molar-refractivity contribution in [3.05, 3.63) is 11.1 Å². The summed E-state index contributed by atoms with van der Waals surface area (Å²) >= 11 is 2.89. The van der Waals surface area contributed by atoms with Gasteiger partial charge >= 0.3 is 0 Å². The lowest BCUT2D eigenvalue weighted by Gasteiger charge is -2.05. The molecule has 1 amide bonds. The molecule has 5 N–H and O–H groups in total. The molecule has 0 aliphatic carbocycles. The third-order valence-electron chi connectivity index (χ3n) is 2.69. The van der Waals surface area contributed by atoms with Gasteiger partial charge < -0.3 is 16.8 Å². The Kier molecular flexibility index (Phi) is 4.91. The standard InChI is InChI=1S/C12H17N5OS2/c1-7-6-19-12(16-7)9-10(14)17-20-11(9)15-5-3-2-4-8(13)18/h6,15H,2-5H2,1H3,(H2,13,18)(H2,14,17). The summed E-state index contributed by atoms with van der Waals surface area (Å²) in [5.74, 6) is 0.245. The average Bonchev–Trinajstić information content (AvgIpc) is 2.95. The topological polar surface area (TPSA) is 107 Å². The van der Waals surface area contributed by atoms with Crippen LogP contribution in [0.4, 0.5) is 10.8 Å². The highest BCUT2D eigenvalue weighted by Gasteiger charge is 2.16. The number of aromatic nitrogens is 2. The summed E-state index contributed by atoms with van der Waals surface area (Å²) in [6.45, 7) is 2.71. The maximum atomic E-state index is 10.6. The van der Waals surface area contributed by atoms with Crippen molar-refractivity contribution in [1.82, 2.24) is 9.36 Å². The third-order valence-corrected chi connectivity index (χ3v) is 4.48. The molecular weight excluding hydrogens is 294 g/mol. The molecule has 0 atom stereocenters. The number of nitrogen functional groups attached to an aromatic ring is 1. The van der Waals surface area contributed by atoms with Gasteiger partial charge in [0.2, 0.25) is 5.91 Å². The van der Waals surface area contributed by atoms with E-state index in [9.17, 15) is 4.79 Å². The van der Waals surface area contributed by atoms with E-state index in [0.29, 0.717) is 12.2 Å². The van der Waals surface area contributed by atoms with Gasteiger partial charge in [-0.2, -0.15) is 4.37 Å². The molecule has 0 radical (unpaired) electrons. The molecule has 2 aromatic heterocycles. The van der Waals surface area contributed by atoms with E-state index in [1.807, 2.05) is 12.3 Å². The zero-order valence-corrected chi connectivity index (χ0v) is 12.8. The fourth-order valence-corrected chi connectivity index (χ4v) is 3.39. The molecule has 8 heteroatoms. The minimum absolute atomic E-state index is 0.258. The number of nitrogens with one attached hydrogen (secondary N) is 1. The van der Waals surface area contributed by atoms with E-state index >= 15 is 0 Å². The number of amides is 1. The number of primary amides is 1. The Labute approximate surface area is 125 Å². The number of nitrogens with zero attached hydrogens (tertiary/aromatic N) is 2. The average molecular weight is 311 g/mol. The Bertz CT molecular complexity index is 592. The summed E-state index contributed by atoms with van der Waals surface area (Å²) in [6, 6.07) is 0. The Balaban J connectivity index is 1.97. The number of rotatable bonds is 7. The van der Waals surface area contributed by atoms with Crippen LogP contribution in [0.1, 0.15) is 25.0 Å². The second-order valence-corrected chi connectivity index (χ2v) is 6.05. The summed E-state index contributed by atoms with van der Waals surface area (Å²) in [6.07, 6.45) is 2.07. The summed E-state index contributed by atoms with van der Waals surface area (Å²) in [5.41, 5.74) is 12.9. The van der Waals surface area contributed by atoms with Crippen molar-refractivity contribution in [3.63, 3.8) is 0 Å². The van der Waals surface area contributed by atoms with Crippen LogP contribution in [0.3, 0.4) is 0 Å². The van der Waals surface area contributed by atoms with Gasteiger partial charge in [0, 0.05) is 24.0 Å². The molecule has 2 aromatic rings. The molecule has 0 aliphatic heterocycles. The number of hydrogen-bond acceptors (Lipinski definition) is 7. The Morgan fingerprint density at radius 1 is 1.45 bits per heavy atom. The van der Waals surface area contributed by atoms with Crippen LogP contribution >= 0.6 is 22.9 Å². The molecule has 0 saturated carbocycles. The maximum Gasteiger partial charge on any atom is 0.217 e. The predicted molar refractivity (Wildman–Crippen MR) is 83.9 cm³/mol. The van der Waals surface area contributed by atoms with Crippen LogP contribution in [0, 0.1) is 6.92 Å². The van der Waals surface area contributed by atoms with Gasteiger partial charge in [0.1, 0.15) is 15.8 Å². The van der Waals surface area contributed by atoms with E-state index in [2.05, 4.69) is 14.7 Å². The first kappa shape index (κ1) is 14.7. The van der Waals surface area contributed by atoms with Gasteiger partial charge in [0.15, 0.2) is 0 Å². The van der Waals surface area contributed by atoms with Gasteiger partial charge in [0.05, 0.1) is 5.56 Å². The Morgan fingerprint density at radius 3 is 2.90 bits per heavy atom. The van der Waals surface area contributed by atoms with E-state index in [1.165, 1.54) is 11.5 Å². The predicted octanol–water partition coefficient (Wildman–Crippen LogP) is 2.22. The molecule has 20 heavy (non-hydrogen) atoms. The SMILES string of the molecule is Cc1csc(-c2c(N)nsc2NCCCCC(N)=O)n1. The Hall–Kier alpha value is -1.67. The molecule has 6 nitrogen and oxygen atoms in total. The van der Waals surface area contributed by atoms with Crippen molar-refractivity contribution >= 4 is 39.6 Å². The van der Waals surface area contributed by atoms with Crippen LogP contribution in [-0.4, -0.2) is 21.8 Å². The maximum absolute atomic E-state index is 10.6. The van der Waals surface area contributed by atoms with Crippen molar-refractivity contribution in [3.8, 4) is 10.6 Å². The summed E-state index contributed by atoms with van der Waals surface area (Å²) in [7, 11) is 0. The third kappa shape index (κ3) is 3.67. The smallest absolute Gasteiger partial charge is 0.217 e. The number of anilines is 2. The fraction of sp³-hybridized carbons (Fsp3) is 0.417. The lowest BCUT2D eigenvalue weighted by Crippen LogP contribution is -2.10.